The lowest BCUT2D eigenvalue weighted by molar-refractivity contribution is -0.145. The normalized spacial score (nSPS) is 28.1. The van der Waals surface area contributed by atoms with E-state index >= 15 is 0 Å². The summed E-state index contributed by atoms with van der Waals surface area (Å²) in [6.07, 6.45) is 8.02. The molecule has 1 aromatic rings. The number of esters is 1. The van der Waals surface area contributed by atoms with Crippen molar-refractivity contribution in [3.8, 4) is 0 Å². The Morgan fingerprint density at radius 3 is 2.50 bits per heavy atom. The summed E-state index contributed by atoms with van der Waals surface area (Å²) in [5.41, 5.74) is 1.15. The Kier molecular flexibility index (Phi) is 6.23. The van der Waals surface area contributed by atoms with Gasteiger partial charge >= 0.3 is 5.97 Å². The molecule has 2 saturated heterocycles. The Morgan fingerprint density at radius 1 is 1.17 bits per heavy atom. The summed E-state index contributed by atoms with van der Waals surface area (Å²) in [6.45, 7) is 5.35. The maximum absolute atomic E-state index is 12.6. The molecule has 2 aliphatic rings. The number of hydrogen-bond acceptors (Lipinski definition) is 4. The minimum Gasteiger partial charge on any atom is -0.457 e. The molecule has 0 amide bonds. The van der Waals surface area contributed by atoms with E-state index in [2.05, 4.69) is 42.3 Å². The molecule has 0 radical (unpaired) electrons. The van der Waals surface area contributed by atoms with Crippen LogP contribution < -0.4 is 0 Å². The van der Waals surface area contributed by atoms with E-state index in [-0.39, 0.29) is 18.0 Å². The van der Waals surface area contributed by atoms with Gasteiger partial charge < -0.3 is 9.64 Å². The lowest BCUT2D eigenvalue weighted by Gasteiger charge is -2.30. The first kappa shape index (κ1) is 17.8. The quantitative estimate of drug-likeness (QED) is 0.559. The number of cyclic esters (lactones) is 1. The first-order chi connectivity index (χ1) is 11.7. The summed E-state index contributed by atoms with van der Waals surface area (Å²) in [6, 6.07) is 8.54. The standard InChI is InChI=1S/C20H29NO2S/c1-3-7-17-18(14-21-12-5-4-6-13-21)20(22)23-19(17)15-8-10-16(24-2)11-9-15/h8-11,17-19H,3-7,12-14H2,1-2H3/t17-,18+,19+/m1/s1. The number of ether oxygens (including phenoxy) is 1. The topological polar surface area (TPSA) is 29.5 Å². The van der Waals surface area contributed by atoms with E-state index < -0.39 is 0 Å². The first-order valence-electron chi connectivity index (χ1n) is 9.29. The number of carbonyl (C=O) groups is 1. The predicted molar refractivity (Wildman–Crippen MR) is 99.2 cm³/mol. The van der Waals surface area contributed by atoms with Crippen molar-refractivity contribution in [2.75, 3.05) is 25.9 Å². The highest BCUT2D eigenvalue weighted by Gasteiger charge is 2.45. The third kappa shape index (κ3) is 3.97. The van der Waals surface area contributed by atoms with Crippen molar-refractivity contribution in [2.45, 2.75) is 50.0 Å². The maximum atomic E-state index is 12.6. The number of piperidine rings is 1. The summed E-state index contributed by atoms with van der Waals surface area (Å²) in [7, 11) is 0. The molecule has 3 nitrogen and oxygen atoms in total. The second-order valence-electron chi connectivity index (χ2n) is 7.05. The maximum Gasteiger partial charge on any atom is 0.311 e. The van der Waals surface area contributed by atoms with E-state index in [4.69, 9.17) is 4.74 Å². The summed E-state index contributed by atoms with van der Waals surface area (Å²) in [5, 5.41) is 0. The van der Waals surface area contributed by atoms with Crippen molar-refractivity contribution in [1.29, 1.82) is 0 Å². The molecule has 0 aromatic heterocycles. The van der Waals surface area contributed by atoms with E-state index in [1.54, 1.807) is 11.8 Å². The van der Waals surface area contributed by atoms with Crippen LogP contribution in [0.5, 0.6) is 0 Å². The van der Waals surface area contributed by atoms with Gasteiger partial charge in [0.05, 0.1) is 5.92 Å². The Bertz CT molecular complexity index is 539. The van der Waals surface area contributed by atoms with Crippen LogP contribution in [0.1, 0.15) is 50.7 Å². The second kappa shape index (κ2) is 8.39. The first-order valence-corrected chi connectivity index (χ1v) is 10.5. The molecule has 0 spiro atoms. The number of likely N-dealkylation sites (tertiary alicyclic amines) is 1. The minimum absolute atomic E-state index is 0.0120. The summed E-state index contributed by atoms with van der Waals surface area (Å²) in [4.78, 5) is 16.3. The van der Waals surface area contributed by atoms with E-state index in [9.17, 15) is 4.79 Å². The molecule has 0 unspecified atom stereocenters. The van der Waals surface area contributed by atoms with Gasteiger partial charge in [0, 0.05) is 17.4 Å². The molecule has 4 heteroatoms. The average molecular weight is 348 g/mol. The van der Waals surface area contributed by atoms with E-state index in [0.29, 0.717) is 5.92 Å². The van der Waals surface area contributed by atoms with Crippen LogP contribution in [0.4, 0.5) is 0 Å². The van der Waals surface area contributed by atoms with Gasteiger partial charge in [0.15, 0.2) is 0 Å². The highest BCUT2D eigenvalue weighted by atomic mass is 32.2. The van der Waals surface area contributed by atoms with Crippen molar-refractivity contribution in [3.05, 3.63) is 29.8 Å². The molecule has 0 aliphatic carbocycles. The molecule has 3 rings (SSSR count). The van der Waals surface area contributed by atoms with Crippen LogP contribution in [0.2, 0.25) is 0 Å². The highest BCUT2D eigenvalue weighted by Crippen LogP contribution is 2.42. The van der Waals surface area contributed by atoms with Crippen LogP contribution in [0, 0.1) is 11.8 Å². The molecule has 24 heavy (non-hydrogen) atoms. The van der Waals surface area contributed by atoms with Crippen molar-refractivity contribution in [2.24, 2.45) is 11.8 Å². The molecular weight excluding hydrogens is 318 g/mol. The van der Waals surface area contributed by atoms with Gasteiger partial charge in [-0.3, -0.25) is 4.79 Å². The third-order valence-electron chi connectivity index (χ3n) is 5.42. The van der Waals surface area contributed by atoms with Crippen molar-refractivity contribution in [3.63, 3.8) is 0 Å². The third-order valence-corrected chi connectivity index (χ3v) is 6.17. The zero-order chi connectivity index (χ0) is 16.9. The molecule has 2 heterocycles. The summed E-state index contributed by atoms with van der Waals surface area (Å²) < 4.78 is 5.87. The Labute approximate surface area is 150 Å². The van der Waals surface area contributed by atoms with Crippen molar-refractivity contribution < 1.29 is 9.53 Å². The molecular formula is C20H29NO2S. The molecule has 2 aliphatic heterocycles. The van der Waals surface area contributed by atoms with Crippen LogP contribution in [0.25, 0.3) is 0 Å². The molecule has 3 atom stereocenters. The van der Waals surface area contributed by atoms with Crippen molar-refractivity contribution >= 4 is 17.7 Å². The lowest BCUT2D eigenvalue weighted by Crippen LogP contribution is -2.37. The van der Waals surface area contributed by atoms with Gasteiger partial charge in [-0.2, -0.15) is 0 Å². The molecule has 0 N–H and O–H groups in total. The average Bonchev–Trinajstić information content (AvgIpc) is 2.92. The summed E-state index contributed by atoms with van der Waals surface area (Å²) in [5.74, 6) is 0.357. The number of rotatable bonds is 6. The van der Waals surface area contributed by atoms with E-state index in [1.165, 1.54) is 24.2 Å². The number of carbonyl (C=O) groups excluding carboxylic acids is 1. The Hall–Kier alpha value is -1.00. The fourth-order valence-corrected chi connectivity index (χ4v) is 4.52. The molecule has 132 valence electrons. The van der Waals surface area contributed by atoms with Crippen LogP contribution in [-0.4, -0.2) is 36.8 Å². The van der Waals surface area contributed by atoms with Gasteiger partial charge in [-0.1, -0.05) is 31.9 Å². The zero-order valence-electron chi connectivity index (χ0n) is 14.9. The van der Waals surface area contributed by atoms with Gasteiger partial charge in [0.1, 0.15) is 6.10 Å². The zero-order valence-corrected chi connectivity index (χ0v) is 15.7. The largest absolute Gasteiger partial charge is 0.457 e. The number of hydrogen-bond donors (Lipinski definition) is 0. The molecule has 1 aromatic carbocycles. The minimum atomic E-state index is -0.0665. The van der Waals surface area contributed by atoms with Crippen LogP contribution in [0.15, 0.2) is 29.2 Å². The van der Waals surface area contributed by atoms with Crippen LogP contribution in [0.3, 0.4) is 0 Å². The monoisotopic (exact) mass is 347 g/mol. The van der Waals surface area contributed by atoms with E-state index in [1.807, 2.05) is 0 Å². The smallest absolute Gasteiger partial charge is 0.311 e. The fourth-order valence-electron chi connectivity index (χ4n) is 4.11. The van der Waals surface area contributed by atoms with Gasteiger partial charge in [-0.05, 0) is 56.3 Å². The SMILES string of the molecule is CCC[C@@H]1[C@H](CN2CCCCC2)C(=O)O[C@H]1c1ccc(SC)cc1. The van der Waals surface area contributed by atoms with Crippen molar-refractivity contribution in [1.82, 2.24) is 4.90 Å². The molecule has 0 saturated carbocycles. The van der Waals surface area contributed by atoms with E-state index in [0.717, 1.165) is 38.0 Å². The number of benzene rings is 1. The lowest BCUT2D eigenvalue weighted by atomic mass is 9.83. The Morgan fingerprint density at radius 2 is 1.88 bits per heavy atom. The van der Waals surface area contributed by atoms with Crippen LogP contribution in [-0.2, 0) is 9.53 Å². The van der Waals surface area contributed by atoms with Gasteiger partial charge in [-0.25, -0.2) is 0 Å². The Balaban J connectivity index is 1.75. The number of thioether (sulfide) groups is 1. The number of nitrogens with zero attached hydrogens (tertiary/aromatic N) is 1. The molecule has 2 fully saturated rings. The highest BCUT2D eigenvalue weighted by molar-refractivity contribution is 7.98. The van der Waals surface area contributed by atoms with Crippen LogP contribution >= 0.6 is 11.8 Å². The van der Waals surface area contributed by atoms with Gasteiger partial charge in [-0.15, -0.1) is 11.8 Å². The second-order valence-corrected chi connectivity index (χ2v) is 7.93. The predicted octanol–water partition coefficient (Wildman–Crippen LogP) is 4.52. The van der Waals surface area contributed by atoms with Gasteiger partial charge in [0.2, 0.25) is 0 Å². The fraction of sp³-hybridized carbons (Fsp3) is 0.650. The van der Waals surface area contributed by atoms with Gasteiger partial charge in [0.25, 0.3) is 0 Å². The molecule has 0 bridgehead atoms. The summed E-state index contributed by atoms with van der Waals surface area (Å²) >= 11 is 1.74.